The smallest absolute Gasteiger partial charge is 0.321 e. The second-order valence-electron chi connectivity index (χ2n) is 4.38. The van der Waals surface area contributed by atoms with Gasteiger partial charge in [-0.3, -0.25) is 9.59 Å². The van der Waals surface area contributed by atoms with E-state index in [0.29, 0.717) is 0 Å². The summed E-state index contributed by atoms with van der Waals surface area (Å²) in [5, 5.41) is 17.2. The van der Waals surface area contributed by atoms with Crippen molar-refractivity contribution in [1.29, 1.82) is 0 Å². The van der Waals surface area contributed by atoms with E-state index in [9.17, 15) is 9.59 Å². The van der Waals surface area contributed by atoms with Crippen molar-refractivity contribution in [3.63, 3.8) is 0 Å². The Hall–Kier alpha value is -2.60. The number of nitrogens with one attached hydrogen (secondary N) is 1. The Bertz CT molecular complexity index is 630. The number of aliphatic carboxylic acids is 2. The standard InChI is InChI=1S/C11H10O4.C6H6BrN/c12-10(13)9(11(14)15)7-6-8-4-2-1-3-5-8;7-8-6-4-2-1-3-5-6/h1-7,9H,(H,12,13)(H,14,15);1-5,8H. The molecule has 0 radical (unpaired) electrons. The molecule has 0 atom stereocenters. The maximum absolute atomic E-state index is 10.5. The number of benzene rings is 2. The topological polar surface area (TPSA) is 86.6 Å². The van der Waals surface area contributed by atoms with Gasteiger partial charge in [-0.05, 0) is 17.7 Å². The lowest BCUT2D eigenvalue weighted by molar-refractivity contribution is -0.151. The van der Waals surface area contributed by atoms with Gasteiger partial charge in [-0.1, -0.05) is 60.7 Å². The van der Waals surface area contributed by atoms with Crippen LogP contribution in [0.3, 0.4) is 0 Å². The first-order valence-corrected chi connectivity index (χ1v) is 7.44. The van der Waals surface area contributed by atoms with Gasteiger partial charge in [0.1, 0.15) is 0 Å². The molecule has 23 heavy (non-hydrogen) atoms. The van der Waals surface area contributed by atoms with Crippen molar-refractivity contribution in [1.82, 2.24) is 0 Å². The van der Waals surface area contributed by atoms with Gasteiger partial charge < -0.3 is 14.6 Å². The Labute approximate surface area is 142 Å². The van der Waals surface area contributed by atoms with Crippen LogP contribution >= 0.6 is 16.1 Å². The molecule has 0 saturated heterocycles. The number of carboxylic acids is 2. The molecule has 0 unspecified atom stereocenters. The van der Waals surface area contributed by atoms with Crippen LogP contribution in [0.25, 0.3) is 6.08 Å². The molecule has 0 spiro atoms. The molecule has 0 saturated carbocycles. The van der Waals surface area contributed by atoms with Crippen LogP contribution in [0.1, 0.15) is 5.56 Å². The third kappa shape index (κ3) is 7.28. The summed E-state index contributed by atoms with van der Waals surface area (Å²) >= 11 is 3.11. The number of carbonyl (C=O) groups is 2. The molecule has 0 heterocycles. The summed E-state index contributed by atoms with van der Waals surface area (Å²) in [5.74, 6) is -4.23. The number of carboxylic acid groups (broad SMARTS) is 2. The minimum absolute atomic E-state index is 0.769. The van der Waals surface area contributed by atoms with E-state index in [-0.39, 0.29) is 0 Å². The van der Waals surface area contributed by atoms with E-state index in [1.165, 1.54) is 6.08 Å². The lowest BCUT2D eigenvalue weighted by atomic mass is 10.1. The van der Waals surface area contributed by atoms with Gasteiger partial charge in [0.25, 0.3) is 0 Å². The van der Waals surface area contributed by atoms with Crippen molar-refractivity contribution in [2.24, 2.45) is 5.92 Å². The fourth-order valence-electron chi connectivity index (χ4n) is 1.54. The van der Waals surface area contributed by atoms with Crippen LogP contribution in [0.5, 0.6) is 0 Å². The normalized spacial score (nSPS) is 10.0. The van der Waals surface area contributed by atoms with Gasteiger partial charge in [-0.2, -0.15) is 0 Å². The molecule has 3 N–H and O–H groups in total. The molecular formula is C17H16BrNO4. The van der Waals surface area contributed by atoms with Gasteiger partial charge in [0, 0.05) is 21.8 Å². The van der Waals surface area contributed by atoms with Gasteiger partial charge in [0.15, 0.2) is 5.92 Å². The third-order valence-corrected chi connectivity index (χ3v) is 3.15. The summed E-state index contributed by atoms with van der Waals surface area (Å²) in [6.45, 7) is 0. The van der Waals surface area contributed by atoms with Crippen LogP contribution in [0.4, 0.5) is 5.69 Å². The van der Waals surface area contributed by atoms with E-state index in [0.717, 1.165) is 17.3 Å². The van der Waals surface area contributed by atoms with Crippen LogP contribution in [0.15, 0.2) is 66.7 Å². The molecule has 0 aliphatic heterocycles. The summed E-state index contributed by atoms with van der Waals surface area (Å²) in [6, 6.07) is 18.8. The van der Waals surface area contributed by atoms with Crippen LogP contribution in [0, 0.1) is 5.92 Å². The average molecular weight is 378 g/mol. The van der Waals surface area contributed by atoms with Gasteiger partial charge >= 0.3 is 11.9 Å². The minimum Gasteiger partial charge on any atom is -0.480 e. The van der Waals surface area contributed by atoms with Crippen LogP contribution in [-0.4, -0.2) is 22.2 Å². The Morgan fingerprint density at radius 1 is 0.913 bits per heavy atom. The number of halogens is 1. The lowest BCUT2D eigenvalue weighted by Gasteiger charge is -1.99. The molecule has 2 aromatic rings. The monoisotopic (exact) mass is 377 g/mol. The molecule has 0 aliphatic carbocycles. The highest BCUT2D eigenvalue weighted by molar-refractivity contribution is 9.10. The van der Waals surface area contributed by atoms with Crippen molar-refractivity contribution in [2.75, 3.05) is 4.34 Å². The summed E-state index contributed by atoms with van der Waals surface area (Å²) < 4.78 is 2.84. The molecule has 0 fully saturated rings. The largest absolute Gasteiger partial charge is 0.480 e. The summed E-state index contributed by atoms with van der Waals surface area (Å²) in [4.78, 5) is 21.1. The zero-order valence-corrected chi connectivity index (χ0v) is 13.7. The Morgan fingerprint density at radius 2 is 1.39 bits per heavy atom. The van der Waals surface area contributed by atoms with E-state index in [1.807, 2.05) is 36.4 Å². The van der Waals surface area contributed by atoms with Crippen LogP contribution < -0.4 is 4.34 Å². The van der Waals surface area contributed by atoms with Crippen LogP contribution in [0.2, 0.25) is 0 Å². The summed E-state index contributed by atoms with van der Waals surface area (Å²) in [6.07, 6.45) is 2.63. The maximum Gasteiger partial charge on any atom is 0.321 e. The summed E-state index contributed by atoms with van der Waals surface area (Å²) in [7, 11) is 0. The molecule has 0 bridgehead atoms. The second-order valence-corrected chi connectivity index (χ2v) is 4.78. The Kier molecular flexibility index (Phi) is 8.17. The van der Waals surface area contributed by atoms with Crippen molar-refractivity contribution in [3.8, 4) is 0 Å². The molecule has 2 aromatic carbocycles. The molecule has 5 nitrogen and oxygen atoms in total. The molecule has 2 rings (SSSR count). The molecular weight excluding hydrogens is 362 g/mol. The fraction of sp³-hybridized carbons (Fsp3) is 0.0588. The van der Waals surface area contributed by atoms with Gasteiger partial charge in [-0.15, -0.1) is 0 Å². The van der Waals surface area contributed by atoms with Gasteiger partial charge in [-0.25, -0.2) is 0 Å². The molecule has 120 valence electrons. The van der Waals surface area contributed by atoms with Crippen molar-refractivity contribution < 1.29 is 19.8 Å². The zero-order valence-electron chi connectivity index (χ0n) is 12.1. The number of hydrogen-bond acceptors (Lipinski definition) is 3. The Morgan fingerprint density at radius 3 is 1.78 bits per heavy atom. The van der Waals surface area contributed by atoms with E-state index in [2.05, 4.69) is 20.5 Å². The number of hydrogen-bond donors (Lipinski definition) is 3. The summed E-state index contributed by atoms with van der Waals surface area (Å²) in [5.41, 5.74) is 1.84. The van der Waals surface area contributed by atoms with Gasteiger partial charge in [0.05, 0.1) is 0 Å². The van der Waals surface area contributed by atoms with E-state index in [4.69, 9.17) is 10.2 Å². The van der Waals surface area contributed by atoms with Crippen molar-refractivity contribution in [2.45, 2.75) is 0 Å². The predicted octanol–water partition coefficient (Wildman–Crippen LogP) is 3.89. The maximum atomic E-state index is 10.5. The highest BCUT2D eigenvalue weighted by atomic mass is 79.9. The van der Waals surface area contributed by atoms with E-state index >= 15 is 0 Å². The highest BCUT2D eigenvalue weighted by Crippen LogP contribution is 2.06. The SMILES string of the molecule is BrNc1ccccc1.O=C(O)C(C=Cc1ccccc1)C(=O)O. The van der Waals surface area contributed by atoms with E-state index in [1.54, 1.807) is 24.3 Å². The molecule has 0 amide bonds. The predicted molar refractivity (Wildman–Crippen MR) is 93.2 cm³/mol. The first-order chi connectivity index (χ1) is 11.0. The third-order valence-electron chi connectivity index (χ3n) is 2.70. The number of anilines is 1. The minimum atomic E-state index is -1.50. The van der Waals surface area contributed by atoms with Crippen molar-refractivity contribution >= 4 is 39.8 Å². The van der Waals surface area contributed by atoms with Gasteiger partial charge in [0.2, 0.25) is 0 Å². The second kappa shape index (κ2) is 10.2. The number of rotatable bonds is 5. The average Bonchev–Trinajstić information content (AvgIpc) is 2.56. The quantitative estimate of drug-likeness (QED) is 0.543. The number of para-hydroxylation sites is 1. The molecule has 0 aromatic heterocycles. The van der Waals surface area contributed by atoms with Crippen molar-refractivity contribution in [3.05, 3.63) is 72.3 Å². The molecule has 0 aliphatic rings. The fourth-order valence-corrected chi connectivity index (χ4v) is 1.81. The first-order valence-electron chi connectivity index (χ1n) is 6.65. The van der Waals surface area contributed by atoms with Crippen LogP contribution in [-0.2, 0) is 9.59 Å². The highest BCUT2D eigenvalue weighted by Gasteiger charge is 2.21. The molecule has 6 heteroatoms. The lowest BCUT2D eigenvalue weighted by Crippen LogP contribution is -2.20. The first kappa shape index (κ1) is 18.4. The Balaban J connectivity index is 0.000000277. The zero-order chi connectivity index (χ0) is 17.1. The van der Waals surface area contributed by atoms with E-state index < -0.39 is 17.9 Å².